The molecule has 1 heterocycles. The van der Waals surface area contributed by atoms with Gasteiger partial charge in [0, 0.05) is 29.2 Å². The van der Waals surface area contributed by atoms with Gasteiger partial charge in [-0.25, -0.2) is 8.78 Å². The van der Waals surface area contributed by atoms with Gasteiger partial charge in [-0.05, 0) is 25.0 Å². The Kier molecular flexibility index (Phi) is 4.04. The molecule has 1 amide bonds. The Labute approximate surface area is 113 Å². The Morgan fingerprint density at radius 3 is 2.79 bits per heavy atom. The van der Waals surface area contributed by atoms with Crippen molar-refractivity contribution in [2.45, 2.75) is 19.4 Å². The fourth-order valence-corrected chi connectivity index (χ4v) is 2.11. The molecule has 102 valence electrons. The summed E-state index contributed by atoms with van der Waals surface area (Å²) in [7, 11) is 0. The Bertz CT molecular complexity index is 612. The molecule has 1 unspecified atom stereocenters. The Morgan fingerprint density at radius 2 is 2.11 bits per heavy atom. The number of rotatable bonds is 4. The number of aromatic nitrogens is 1. The zero-order valence-corrected chi connectivity index (χ0v) is 11.0. The zero-order valence-electron chi connectivity index (χ0n) is 10.3. The maximum Gasteiger partial charge on any atom is 0.235 e. The number of carbonyl (C=O) groups excluding carboxylic acids is 1. The van der Waals surface area contributed by atoms with E-state index in [4.69, 9.17) is 11.6 Å². The van der Waals surface area contributed by atoms with Crippen LogP contribution in [0.4, 0.5) is 8.78 Å². The van der Waals surface area contributed by atoms with Gasteiger partial charge in [0.25, 0.3) is 0 Å². The molecule has 0 saturated heterocycles. The van der Waals surface area contributed by atoms with Gasteiger partial charge >= 0.3 is 0 Å². The van der Waals surface area contributed by atoms with E-state index in [9.17, 15) is 13.6 Å². The molecular weight excluding hydrogens is 274 g/mol. The summed E-state index contributed by atoms with van der Waals surface area (Å²) in [5.74, 6) is -2.13. The minimum absolute atomic E-state index is 0.0991. The van der Waals surface area contributed by atoms with E-state index in [1.807, 2.05) is 6.92 Å². The van der Waals surface area contributed by atoms with Crippen molar-refractivity contribution in [1.82, 2.24) is 10.3 Å². The number of nitrogens with one attached hydrogen (secondary N) is 2. The summed E-state index contributed by atoms with van der Waals surface area (Å²) in [6.45, 7) is 1.82. The van der Waals surface area contributed by atoms with Crippen LogP contribution < -0.4 is 5.32 Å². The summed E-state index contributed by atoms with van der Waals surface area (Å²) in [5.41, 5.74) is 1.35. The van der Waals surface area contributed by atoms with Crippen molar-refractivity contribution in [1.29, 1.82) is 0 Å². The monoisotopic (exact) mass is 286 g/mol. The third kappa shape index (κ3) is 3.04. The van der Waals surface area contributed by atoms with Crippen LogP contribution in [0.3, 0.4) is 0 Å². The lowest BCUT2D eigenvalue weighted by Gasteiger charge is -2.12. The largest absolute Gasteiger partial charge is 0.361 e. The number of fused-ring (bicyclic) bond motifs is 1. The lowest BCUT2D eigenvalue weighted by atomic mass is 10.1. The molecule has 0 aliphatic rings. The van der Waals surface area contributed by atoms with Gasteiger partial charge < -0.3 is 10.3 Å². The first-order valence-electron chi connectivity index (χ1n) is 5.81. The summed E-state index contributed by atoms with van der Waals surface area (Å²) in [4.78, 5) is 14.0. The highest BCUT2D eigenvalue weighted by Gasteiger charge is 2.13. The van der Waals surface area contributed by atoms with Gasteiger partial charge in [-0.3, -0.25) is 4.79 Å². The normalized spacial score (nSPS) is 12.6. The predicted molar refractivity (Wildman–Crippen MR) is 70.2 cm³/mol. The van der Waals surface area contributed by atoms with Crippen LogP contribution in [0.25, 0.3) is 10.9 Å². The van der Waals surface area contributed by atoms with E-state index in [1.54, 1.807) is 6.20 Å². The quantitative estimate of drug-likeness (QED) is 0.834. The summed E-state index contributed by atoms with van der Waals surface area (Å²) in [6.07, 6.45) is 2.20. The number of aromatic amines is 1. The van der Waals surface area contributed by atoms with E-state index in [0.29, 0.717) is 17.3 Å². The molecule has 0 bridgehead atoms. The van der Waals surface area contributed by atoms with Gasteiger partial charge in [0.05, 0.1) is 0 Å². The van der Waals surface area contributed by atoms with E-state index in [-0.39, 0.29) is 17.8 Å². The zero-order chi connectivity index (χ0) is 14.0. The molecule has 2 rings (SSSR count). The van der Waals surface area contributed by atoms with Gasteiger partial charge in [0.1, 0.15) is 5.88 Å². The van der Waals surface area contributed by atoms with Crippen LogP contribution in [0.1, 0.15) is 12.5 Å². The minimum Gasteiger partial charge on any atom is -0.361 e. The molecule has 0 aliphatic heterocycles. The van der Waals surface area contributed by atoms with Crippen LogP contribution >= 0.6 is 11.6 Å². The fourth-order valence-electron chi connectivity index (χ4n) is 2.04. The average molecular weight is 287 g/mol. The van der Waals surface area contributed by atoms with Crippen molar-refractivity contribution in [3.05, 3.63) is 35.5 Å². The van der Waals surface area contributed by atoms with Crippen LogP contribution in [0.2, 0.25) is 0 Å². The number of halogens is 3. The van der Waals surface area contributed by atoms with Crippen LogP contribution in [-0.2, 0) is 11.2 Å². The van der Waals surface area contributed by atoms with Crippen molar-refractivity contribution >= 4 is 28.4 Å². The molecule has 19 heavy (non-hydrogen) atoms. The molecule has 2 N–H and O–H groups in total. The van der Waals surface area contributed by atoms with Gasteiger partial charge in [-0.15, -0.1) is 11.6 Å². The highest BCUT2D eigenvalue weighted by atomic mass is 35.5. The highest BCUT2D eigenvalue weighted by Crippen LogP contribution is 2.22. The van der Waals surface area contributed by atoms with E-state index < -0.39 is 11.6 Å². The standard InChI is InChI=1S/C13H13ClF2N2O/c1-7(18-13(19)5-14)2-8-6-17-12-4-11(16)10(15)3-9(8)12/h3-4,6-7,17H,2,5H2,1H3,(H,18,19). The van der Waals surface area contributed by atoms with Crippen LogP contribution in [0.5, 0.6) is 0 Å². The molecule has 1 atom stereocenters. The predicted octanol–water partition coefficient (Wildman–Crippen LogP) is 2.73. The Morgan fingerprint density at radius 1 is 1.42 bits per heavy atom. The lowest BCUT2D eigenvalue weighted by molar-refractivity contribution is -0.119. The average Bonchev–Trinajstić information content (AvgIpc) is 2.72. The highest BCUT2D eigenvalue weighted by molar-refractivity contribution is 6.27. The molecule has 1 aromatic carbocycles. The lowest BCUT2D eigenvalue weighted by Crippen LogP contribution is -2.34. The maximum absolute atomic E-state index is 13.2. The molecule has 0 aliphatic carbocycles. The van der Waals surface area contributed by atoms with Crippen LogP contribution in [0.15, 0.2) is 18.3 Å². The summed E-state index contributed by atoms with van der Waals surface area (Å²) in [5, 5.41) is 3.32. The third-order valence-electron chi connectivity index (χ3n) is 2.86. The molecule has 0 saturated carbocycles. The molecular formula is C13H13ClF2N2O. The number of hydrogen-bond donors (Lipinski definition) is 2. The van der Waals surface area contributed by atoms with Crippen LogP contribution in [0, 0.1) is 11.6 Å². The second kappa shape index (κ2) is 5.57. The molecule has 1 aromatic heterocycles. The second-order valence-corrected chi connectivity index (χ2v) is 4.70. The number of carbonyl (C=O) groups is 1. The SMILES string of the molecule is CC(Cc1c[nH]c2cc(F)c(F)cc12)NC(=O)CCl. The topological polar surface area (TPSA) is 44.9 Å². The summed E-state index contributed by atoms with van der Waals surface area (Å²) < 4.78 is 26.3. The van der Waals surface area contributed by atoms with Gasteiger partial charge in [0.2, 0.25) is 5.91 Å². The van der Waals surface area contributed by atoms with Crippen molar-refractivity contribution in [2.24, 2.45) is 0 Å². The first-order chi connectivity index (χ1) is 9.01. The minimum atomic E-state index is -0.885. The Hall–Kier alpha value is -1.62. The van der Waals surface area contributed by atoms with Gasteiger partial charge in [-0.2, -0.15) is 0 Å². The second-order valence-electron chi connectivity index (χ2n) is 4.43. The first-order valence-corrected chi connectivity index (χ1v) is 6.35. The number of hydrogen-bond acceptors (Lipinski definition) is 1. The molecule has 6 heteroatoms. The van der Waals surface area contributed by atoms with Gasteiger partial charge in [0.15, 0.2) is 11.6 Å². The van der Waals surface area contributed by atoms with Gasteiger partial charge in [-0.1, -0.05) is 0 Å². The van der Waals surface area contributed by atoms with Crippen molar-refractivity contribution in [2.75, 3.05) is 5.88 Å². The number of benzene rings is 1. The van der Waals surface area contributed by atoms with Crippen molar-refractivity contribution in [3.63, 3.8) is 0 Å². The number of alkyl halides is 1. The summed E-state index contributed by atoms with van der Waals surface area (Å²) in [6, 6.07) is 2.14. The number of amides is 1. The molecule has 0 spiro atoms. The smallest absolute Gasteiger partial charge is 0.235 e. The molecule has 0 radical (unpaired) electrons. The van der Waals surface area contributed by atoms with E-state index in [2.05, 4.69) is 10.3 Å². The Balaban J connectivity index is 2.21. The summed E-state index contributed by atoms with van der Waals surface area (Å²) >= 11 is 5.40. The molecule has 3 nitrogen and oxygen atoms in total. The third-order valence-corrected chi connectivity index (χ3v) is 3.11. The van der Waals surface area contributed by atoms with E-state index >= 15 is 0 Å². The number of H-pyrrole nitrogens is 1. The van der Waals surface area contributed by atoms with Crippen molar-refractivity contribution in [3.8, 4) is 0 Å². The maximum atomic E-state index is 13.2. The molecule has 2 aromatic rings. The van der Waals surface area contributed by atoms with Crippen LogP contribution in [-0.4, -0.2) is 22.8 Å². The molecule has 0 fully saturated rings. The fraction of sp³-hybridized carbons (Fsp3) is 0.308. The van der Waals surface area contributed by atoms with Crippen molar-refractivity contribution < 1.29 is 13.6 Å². The van der Waals surface area contributed by atoms with E-state index in [1.165, 1.54) is 0 Å². The first kappa shape index (κ1) is 13.8. The van der Waals surface area contributed by atoms with E-state index in [0.717, 1.165) is 17.7 Å².